The van der Waals surface area contributed by atoms with Gasteiger partial charge in [-0.3, -0.25) is 4.79 Å². The maximum absolute atomic E-state index is 11.3. The number of aromatic nitrogens is 1. The van der Waals surface area contributed by atoms with E-state index in [-0.39, 0.29) is 5.91 Å². The van der Waals surface area contributed by atoms with Gasteiger partial charge >= 0.3 is 0 Å². The molecule has 1 aromatic heterocycles. The van der Waals surface area contributed by atoms with Gasteiger partial charge in [-0.15, -0.1) is 0 Å². The molecule has 0 aliphatic rings. The van der Waals surface area contributed by atoms with Crippen LogP contribution in [0.5, 0.6) is 5.75 Å². The molecule has 1 heterocycles. The van der Waals surface area contributed by atoms with Crippen LogP contribution in [0.3, 0.4) is 0 Å². The molecule has 2 aromatic rings. The topological polar surface area (TPSA) is 77.2 Å². The lowest BCUT2D eigenvalue weighted by atomic mass is 10.2. The first kappa shape index (κ1) is 13.9. The van der Waals surface area contributed by atoms with Crippen LogP contribution >= 0.6 is 0 Å². The summed E-state index contributed by atoms with van der Waals surface area (Å²) in [5.74, 6) is 0.684. The highest BCUT2D eigenvalue weighted by Crippen LogP contribution is 2.24. The molecular formula is C15H17N3O2. The van der Waals surface area contributed by atoms with Crippen molar-refractivity contribution < 1.29 is 9.53 Å². The number of rotatable bonds is 5. The van der Waals surface area contributed by atoms with Crippen molar-refractivity contribution in [2.45, 2.75) is 20.0 Å². The second-order valence-corrected chi connectivity index (χ2v) is 4.28. The van der Waals surface area contributed by atoms with E-state index in [1.54, 1.807) is 13.0 Å². The van der Waals surface area contributed by atoms with Crippen molar-refractivity contribution in [1.82, 2.24) is 4.98 Å². The van der Waals surface area contributed by atoms with Crippen molar-refractivity contribution in [3.63, 3.8) is 0 Å². The molecule has 0 radical (unpaired) electrons. The van der Waals surface area contributed by atoms with Gasteiger partial charge in [-0.2, -0.15) is 0 Å². The normalized spacial score (nSPS) is 10.1. The van der Waals surface area contributed by atoms with Crippen LogP contribution in [0.15, 0.2) is 42.6 Å². The summed E-state index contributed by atoms with van der Waals surface area (Å²) in [6, 6.07) is 11.4. The average molecular weight is 271 g/mol. The molecular weight excluding hydrogens is 254 g/mol. The van der Waals surface area contributed by atoms with Crippen molar-refractivity contribution in [3.05, 3.63) is 48.2 Å². The number of benzene rings is 1. The first-order valence-electron chi connectivity index (χ1n) is 6.41. The Labute approximate surface area is 117 Å². The Kier molecular flexibility index (Phi) is 4.55. The molecule has 0 atom stereocenters. The number of carbonyl (C=O) groups is 1. The smallest absolute Gasteiger partial charge is 0.224 e. The molecule has 0 bridgehead atoms. The zero-order valence-electron chi connectivity index (χ0n) is 11.3. The maximum atomic E-state index is 11.3. The molecule has 104 valence electrons. The molecule has 0 unspecified atom stereocenters. The predicted octanol–water partition coefficient (Wildman–Crippen LogP) is 2.59. The molecule has 1 amide bonds. The minimum atomic E-state index is -0.0782. The number of pyridine rings is 1. The fraction of sp³-hybridized carbons (Fsp3) is 0.200. The summed E-state index contributed by atoms with van der Waals surface area (Å²) in [6.45, 7) is 2.19. The molecule has 0 saturated heterocycles. The molecule has 5 heteroatoms. The number of nitrogens with two attached hydrogens (primary N) is 1. The quantitative estimate of drug-likeness (QED) is 0.876. The van der Waals surface area contributed by atoms with Crippen LogP contribution in [0, 0.1) is 0 Å². The molecule has 0 saturated carbocycles. The Bertz CT molecular complexity index is 585. The summed E-state index contributed by atoms with van der Waals surface area (Å²) in [7, 11) is 0. The summed E-state index contributed by atoms with van der Waals surface area (Å²) < 4.78 is 5.64. The number of amides is 1. The van der Waals surface area contributed by atoms with Crippen molar-refractivity contribution in [2.75, 3.05) is 11.1 Å². The molecule has 0 aliphatic heterocycles. The van der Waals surface area contributed by atoms with Crippen LogP contribution in [0.25, 0.3) is 0 Å². The molecule has 0 aliphatic carbocycles. The third-order valence-corrected chi connectivity index (χ3v) is 2.72. The largest absolute Gasteiger partial charge is 0.485 e. The van der Waals surface area contributed by atoms with Crippen molar-refractivity contribution >= 4 is 17.4 Å². The van der Waals surface area contributed by atoms with Crippen molar-refractivity contribution in [3.8, 4) is 5.75 Å². The van der Waals surface area contributed by atoms with Crippen LogP contribution in [-0.4, -0.2) is 10.9 Å². The van der Waals surface area contributed by atoms with Crippen molar-refractivity contribution in [1.29, 1.82) is 0 Å². The van der Waals surface area contributed by atoms with Gasteiger partial charge in [0, 0.05) is 12.5 Å². The van der Waals surface area contributed by atoms with E-state index in [4.69, 9.17) is 10.5 Å². The average Bonchev–Trinajstić information content (AvgIpc) is 2.48. The zero-order chi connectivity index (χ0) is 14.4. The second kappa shape index (κ2) is 6.56. The molecule has 2 rings (SSSR count). The van der Waals surface area contributed by atoms with Gasteiger partial charge in [0.2, 0.25) is 5.91 Å². The van der Waals surface area contributed by atoms with E-state index in [1.165, 1.54) is 6.20 Å². The van der Waals surface area contributed by atoms with Crippen LogP contribution in [0.1, 0.15) is 18.9 Å². The van der Waals surface area contributed by atoms with E-state index in [2.05, 4.69) is 10.3 Å². The Balaban J connectivity index is 2.06. The van der Waals surface area contributed by atoms with Gasteiger partial charge in [0.25, 0.3) is 0 Å². The van der Waals surface area contributed by atoms with Gasteiger partial charge in [-0.25, -0.2) is 4.98 Å². The molecule has 5 nitrogen and oxygen atoms in total. The van der Waals surface area contributed by atoms with E-state index in [0.717, 1.165) is 5.56 Å². The first-order chi connectivity index (χ1) is 9.69. The van der Waals surface area contributed by atoms with E-state index in [9.17, 15) is 4.79 Å². The monoisotopic (exact) mass is 271 g/mol. The Hall–Kier alpha value is -2.56. The van der Waals surface area contributed by atoms with Gasteiger partial charge in [0.1, 0.15) is 6.61 Å². The lowest BCUT2D eigenvalue weighted by molar-refractivity contribution is -0.115. The fourth-order valence-corrected chi connectivity index (χ4v) is 1.62. The maximum Gasteiger partial charge on any atom is 0.224 e. The summed E-state index contributed by atoms with van der Waals surface area (Å²) in [6.07, 6.45) is 1.92. The highest BCUT2D eigenvalue weighted by molar-refractivity contribution is 5.90. The SMILES string of the molecule is CCC(=O)Nc1cnc(N)c(OCc2ccccc2)c1. The van der Waals surface area contributed by atoms with Gasteiger partial charge in [-0.05, 0) is 5.56 Å². The second-order valence-electron chi connectivity index (χ2n) is 4.28. The molecule has 3 N–H and O–H groups in total. The molecule has 20 heavy (non-hydrogen) atoms. The number of hydrogen-bond donors (Lipinski definition) is 2. The fourth-order valence-electron chi connectivity index (χ4n) is 1.62. The van der Waals surface area contributed by atoms with Crippen LogP contribution in [-0.2, 0) is 11.4 Å². The molecule has 1 aromatic carbocycles. The van der Waals surface area contributed by atoms with E-state index in [0.29, 0.717) is 30.3 Å². The predicted molar refractivity (Wildman–Crippen MR) is 78.3 cm³/mol. The van der Waals surface area contributed by atoms with Crippen LogP contribution < -0.4 is 15.8 Å². The molecule has 0 fully saturated rings. The lowest BCUT2D eigenvalue weighted by Gasteiger charge is -2.10. The summed E-state index contributed by atoms with van der Waals surface area (Å²) in [5.41, 5.74) is 7.38. The van der Waals surface area contributed by atoms with E-state index >= 15 is 0 Å². The Morgan fingerprint density at radius 2 is 2.10 bits per heavy atom. The highest BCUT2D eigenvalue weighted by Gasteiger charge is 2.06. The van der Waals surface area contributed by atoms with E-state index < -0.39 is 0 Å². The van der Waals surface area contributed by atoms with E-state index in [1.807, 2.05) is 30.3 Å². The Morgan fingerprint density at radius 1 is 1.35 bits per heavy atom. The summed E-state index contributed by atoms with van der Waals surface area (Å²) in [4.78, 5) is 15.4. The number of hydrogen-bond acceptors (Lipinski definition) is 4. The van der Waals surface area contributed by atoms with Crippen LogP contribution in [0.2, 0.25) is 0 Å². The number of nitrogens with one attached hydrogen (secondary N) is 1. The number of anilines is 2. The standard InChI is InChI=1S/C15H17N3O2/c1-2-14(19)18-12-8-13(15(16)17-9-12)20-10-11-6-4-3-5-7-11/h3-9H,2,10H2,1H3,(H2,16,17)(H,18,19). The third kappa shape index (κ3) is 3.71. The van der Waals surface area contributed by atoms with Crippen LogP contribution in [0.4, 0.5) is 11.5 Å². The highest BCUT2D eigenvalue weighted by atomic mass is 16.5. The van der Waals surface area contributed by atoms with Gasteiger partial charge in [-0.1, -0.05) is 37.3 Å². The van der Waals surface area contributed by atoms with Gasteiger partial charge < -0.3 is 15.8 Å². The first-order valence-corrected chi connectivity index (χ1v) is 6.41. The van der Waals surface area contributed by atoms with Gasteiger partial charge in [0.15, 0.2) is 11.6 Å². The summed E-state index contributed by atoms with van der Waals surface area (Å²) >= 11 is 0. The number of nitrogens with zero attached hydrogens (tertiary/aromatic N) is 1. The summed E-state index contributed by atoms with van der Waals surface area (Å²) in [5, 5.41) is 2.72. The third-order valence-electron chi connectivity index (χ3n) is 2.72. The zero-order valence-corrected chi connectivity index (χ0v) is 11.3. The Morgan fingerprint density at radius 3 is 2.80 bits per heavy atom. The number of ether oxygens (including phenoxy) is 1. The minimum absolute atomic E-state index is 0.0782. The molecule has 0 spiro atoms. The lowest BCUT2D eigenvalue weighted by Crippen LogP contribution is -2.10. The number of nitrogen functional groups attached to an aromatic ring is 1. The number of carbonyl (C=O) groups excluding carboxylic acids is 1. The minimum Gasteiger partial charge on any atom is -0.485 e. The van der Waals surface area contributed by atoms with Crippen molar-refractivity contribution in [2.24, 2.45) is 0 Å². The van der Waals surface area contributed by atoms with Gasteiger partial charge in [0.05, 0.1) is 11.9 Å².